The highest BCUT2D eigenvalue weighted by Gasteiger charge is 2.43. The van der Waals surface area contributed by atoms with Crippen molar-refractivity contribution in [2.45, 2.75) is 31.1 Å². The molecule has 17 heavy (non-hydrogen) atoms. The molecule has 5 heteroatoms. The molecule has 0 amide bonds. The molecule has 0 unspecified atom stereocenters. The maximum Gasteiger partial charge on any atom is 0.314 e. The highest BCUT2D eigenvalue weighted by atomic mass is 19.2. The van der Waals surface area contributed by atoms with E-state index in [9.17, 15) is 23.1 Å². The van der Waals surface area contributed by atoms with Gasteiger partial charge in [-0.3, -0.25) is 4.79 Å². The fourth-order valence-electron chi connectivity index (χ4n) is 2.44. The summed E-state index contributed by atoms with van der Waals surface area (Å²) >= 11 is 0. The number of benzene rings is 1. The van der Waals surface area contributed by atoms with Crippen LogP contribution in [0.15, 0.2) is 12.1 Å². The van der Waals surface area contributed by atoms with Gasteiger partial charge in [-0.25, -0.2) is 13.2 Å². The summed E-state index contributed by atoms with van der Waals surface area (Å²) in [4.78, 5) is 11.3. The monoisotopic (exact) mass is 244 g/mol. The first-order valence-corrected chi connectivity index (χ1v) is 5.36. The quantitative estimate of drug-likeness (QED) is 0.812. The number of hydrogen-bond donors (Lipinski definition) is 1. The largest absolute Gasteiger partial charge is 0.481 e. The molecule has 0 aliphatic heterocycles. The van der Waals surface area contributed by atoms with Crippen LogP contribution in [-0.2, 0) is 10.2 Å². The predicted octanol–water partition coefficient (Wildman–Crippen LogP) is 3.00. The molecule has 92 valence electrons. The van der Waals surface area contributed by atoms with Crippen LogP contribution in [0.1, 0.15) is 31.2 Å². The molecule has 1 aliphatic rings. The molecule has 0 heterocycles. The molecule has 1 aromatic carbocycles. The summed E-state index contributed by atoms with van der Waals surface area (Å²) in [6.07, 6.45) is 2.03. The minimum absolute atomic E-state index is 0.0129. The SMILES string of the molecule is O=C(O)C1(c2cc(F)c(F)c(F)c2)CCCC1. The number of aliphatic carboxylic acids is 1. The number of halogens is 3. The summed E-state index contributed by atoms with van der Waals surface area (Å²) < 4.78 is 39.1. The minimum atomic E-state index is -1.56. The second-order valence-corrected chi connectivity index (χ2v) is 4.35. The number of carboxylic acid groups (broad SMARTS) is 1. The first kappa shape index (κ1) is 12.0. The molecule has 1 aliphatic carbocycles. The zero-order valence-corrected chi connectivity index (χ0v) is 8.97. The second kappa shape index (κ2) is 4.05. The number of rotatable bonds is 2. The van der Waals surface area contributed by atoms with Gasteiger partial charge in [0.15, 0.2) is 17.5 Å². The van der Waals surface area contributed by atoms with Crippen molar-refractivity contribution in [3.05, 3.63) is 35.1 Å². The lowest BCUT2D eigenvalue weighted by Gasteiger charge is -2.24. The fraction of sp³-hybridized carbons (Fsp3) is 0.417. The summed E-state index contributed by atoms with van der Waals surface area (Å²) in [6.45, 7) is 0. The van der Waals surface area contributed by atoms with Crippen molar-refractivity contribution >= 4 is 5.97 Å². The van der Waals surface area contributed by atoms with E-state index in [0.29, 0.717) is 25.7 Å². The standard InChI is InChI=1S/C12H11F3O2/c13-8-5-7(6-9(14)10(8)15)12(11(16)17)3-1-2-4-12/h5-6H,1-4H2,(H,16,17). The van der Waals surface area contributed by atoms with Crippen LogP contribution in [0.2, 0.25) is 0 Å². The van der Waals surface area contributed by atoms with Gasteiger partial charge >= 0.3 is 5.97 Å². The summed E-state index contributed by atoms with van der Waals surface area (Å²) in [5.74, 6) is -5.35. The van der Waals surface area contributed by atoms with Gasteiger partial charge in [0.25, 0.3) is 0 Å². The fourth-order valence-corrected chi connectivity index (χ4v) is 2.44. The van der Waals surface area contributed by atoms with Crippen molar-refractivity contribution in [1.82, 2.24) is 0 Å². The molecule has 0 radical (unpaired) electrons. The van der Waals surface area contributed by atoms with E-state index in [2.05, 4.69) is 0 Å². The van der Waals surface area contributed by atoms with Crippen LogP contribution < -0.4 is 0 Å². The van der Waals surface area contributed by atoms with E-state index in [1.807, 2.05) is 0 Å². The maximum atomic E-state index is 13.1. The lowest BCUT2D eigenvalue weighted by molar-refractivity contribution is -0.143. The van der Waals surface area contributed by atoms with Gasteiger partial charge in [0, 0.05) is 0 Å². The molecular formula is C12H11F3O2. The van der Waals surface area contributed by atoms with Crippen molar-refractivity contribution in [3.63, 3.8) is 0 Å². The van der Waals surface area contributed by atoms with Gasteiger partial charge in [0.2, 0.25) is 0 Å². The Labute approximate surface area is 96.1 Å². The molecule has 0 bridgehead atoms. The lowest BCUT2D eigenvalue weighted by atomic mass is 9.79. The zero-order chi connectivity index (χ0) is 12.6. The van der Waals surface area contributed by atoms with Crippen LogP contribution in [0.5, 0.6) is 0 Å². The van der Waals surface area contributed by atoms with E-state index in [-0.39, 0.29) is 5.56 Å². The molecular weight excluding hydrogens is 233 g/mol. The number of carbonyl (C=O) groups is 1. The summed E-state index contributed by atoms with van der Waals surface area (Å²) in [7, 11) is 0. The third-order valence-corrected chi connectivity index (χ3v) is 3.40. The zero-order valence-electron chi connectivity index (χ0n) is 8.97. The van der Waals surface area contributed by atoms with Crippen molar-refractivity contribution in [2.75, 3.05) is 0 Å². The van der Waals surface area contributed by atoms with Crippen LogP contribution in [0.4, 0.5) is 13.2 Å². The molecule has 1 aromatic rings. The average molecular weight is 244 g/mol. The predicted molar refractivity (Wildman–Crippen MR) is 54.1 cm³/mol. The van der Waals surface area contributed by atoms with Crippen molar-refractivity contribution in [3.8, 4) is 0 Å². The third kappa shape index (κ3) is 1.79. The number of carboxylic acids is 1. The Kier molecular flexibility index (Phi) is 2.85. The maximum absolute atomic E-state index is 13.1. The van der Waals surface area contributed by atoms with Gasteiger partial charge < -0.3 is 5.11 Å². The van der Waals surface area contributed by atoms with Crippen molar-refractivity contribution in [1.29, 1.82) is 0 Å². The van der Waals surface area contributed by atoms with Crippen molar-refractivity contribution < 1.29 is 23.1 Å². The first-order chi connectivity index (χ1) is 7.97. The Balaban J connectivity index is 2.55. The highest BCUT2D eigenvalue weighted by molar-refractivity contribution is 5.81. The normalized spacial score (nSPS) is 18.3. The van der Waals surface area contributed by atoms with Gasteiger partial charge in [-0.1, -0.05) is 12.8 Å². The highest BCUT2D eigenvalue weighted by Crippen LogP contribution is 2.42. The van der Waals surface area contributed by atoms with Gasteiger partial charge in [-0.2, -0.15) is 0 Å². The summed E-state index contributed by atoms with van der Waals surface area (Å²) in [6, 6.07) is 1.58. The second-order valence-electron chi connectivity index (χ2n) is 4.35. The van der Waals surface area contributed by atoms with E-state index in [0.717, 1.165) is 12.1 Å². The molecule has 1 saturated carbocycles. The average Bonchev–Trinajstić information content (AvgIpc) is 2.75. The molecule has 0 atom stereocenters. The van der Waals surface area contributed by atoms with E-state index in [1.165, 1.54) is 0 Å². The van der Waals surface area contributed by atoms with Crippen LogP contribution in [0, 0.1) is 17.5 Å². The molecule has 1 fully saturated rings. The topological polar surface area (TPSA) is 37.3 Å². The van der Waals surface area contributed by atoms with Gasteiger partial charge in [-0.15, -0.1) is 0 Å². The Morgan fingerprint density at radius 3 is 2.00 bits per heavy atom. The summed E-state index contributed by atoms with van der Waals surface area (Å²) in [5, 5.41) is 9.23. The van der Waals surface area contributed by atoms with E-state index in [1.54, 1.807) is 0 Å². The molecule has 1 N–H and O–H groups in total. The molecule has 0 aromatic heterocycles. The Morgan fingerprint density at radius 1 is 1.12 bits per heavy atom. The van der Waals surface area contributed by atoms with Crippen LogP contribution in [-0.4, -0.2) is 11.1 Å². The van der Waals surface area contributed by atoms with E-state index >= 15 is 0 Å². The molecule has 0 spiro atoms. The van der Waals surface area contributed by atoms with Crippen molar-refractivity contribution in [2.24, 2.45) is 0 Å². The lowest BCUT2D eigenvalue weighted by Crippen LogP contribution is -2.33. The van der Waals surface area contributed by atoms with Gasteiger partial charge in [-0.05, 0) is 30.5 Å². The van der Waals surface area contributed by atoms with Gasteiger partial charge in [0.1, 0.15) is 0 Å². The van der Waals surface area contributed by atoms with Crippen LogP contribution >= 0.6 is 0 Å². The van der Waals surface area contributed by atoms with Crippen LogP contribution in [0.25, 0.3) is 0 Å². The smallest absolute Gasteiger partial charge is 0.314 e. The molecule has 2 rings (SSSR count). The Hall–Kier alpha value is -1.52. The Morgan fingerprint density at radius 2 is 1.59 bits per heavy atom. The first-order valence-electron chi connectivity index (χ1n) is 5.36. The third-order valence-electron chi connectivity index (χ3n) is 3.40. The summed E-state index contributed by atoms with van der Waals surface area (Å²) in [5.41, 5.74) is -1.26. The molecule has 2 nitrogen and oxygen atoms in total. The van der Waals surface area contributed by atoms with Crippen LogP contribution in [0.3, 0.4) is 0 Å². The van der Waals surface area contributed by atoms with E-state index in [4.69, 9.17) is 0 Å². The van der Waals surface area contributed by atoms with E-state index < -0.39 is 28.8 Å². The molecule has 0 saturated heterocycles. The van der Waals surface area contributed by atoms with Gasteiger partial charge in [0.05, 0.1) is 5.41 Å². The minimum Gasteiger partial charge on any atom is -0.481 e. The Bertz CT molecular complexity index is 442. The number of hydrogen-bond acceptors (Lipinski definition) is 1.